The second kappa shape index (κ2) is 7.72. The van der Waals surface area contributed by atoms with Crippen LogP contribution in [0.15, 0.2) is 72.8 Å². The van der Waals surface area contributed by atoms with Crippen molar-refractivity contribution >= 4 is 51.4 Å². The minimum atomic E-state index is -0.477. The van der Waals surface area contributed by atoms with E-state index in [4.69, 9.17) is 0 Å². The Kier molecular flexibility index (Phi) is 6.12. The molecule has 3 aromatic carbocycles. The van der Waals surface area contributed by atoms with Gasteiger partial charge in [0.1, 0.15) is 17.2 Å². The molecule has 0 heterocycles. The predicted octanol–water partition coefficient (Wildman–Crippen LogP) is 3.78. The average molecular weight is 345 g/mol. The Hall–Kier alpha value is -1.30. The van der Waals surface area contributed by atoms with E-state index in [2.05, 4.69) is 6.92 Å². The van der Waals surface area contributed by atoms with E-state index in [1.807, 2.05) is 36.4 Å². The van der Waals surface area contributed by atoms with Gasteiger partial charge in [0, 0.05) is 56.8 Å². The van der Waals surface area contributed by atoms with Gasteiger partial charge in [0.25, 0.3) is 0 Å². The van der Waals surface area contributed by atoms with Gasteiger partial charge in [-0.3, -0.25) is 0 Å². The van der Waals surface area contributed by atoms with Crippen molar-refractivity contribution in [1.82, 2.24) is 0 Å². The molecule has 0 saturated carbocycles. The summed E-state index contributed by atoms with van der Waals surface area (Å²) >= 11 is 0. The molecule has 3 nitrogen and oxygen atoms in total. The van der Waals surface area contributed by atoms with Gasteiger partial charge in [0.05, 0.1) is 0 Å². The molecule has 0 atom stereocenters. The second-order valence-corrected chi connectivity index (χ2v) is 5.77. The average Bonchev–Trinajstić information content (AvgIpc) is 2.56. The SMILES string of the molecule is CC(c1ccc(O)cc1)(c1ccc(O)cc1)c1ccc(O)cc1.[K]. The molecule has 0 aliphatic rings. The van der Waals surface area contributed by atoms with Crippen LogP contribution in [-0.2, 0) is 5.41 Å². The van der Waals surface area contributed by atoms with Crippen LogP contribution in [0.1, 0.15) is 23.6 Å². The quantitative estimate of drug-likeness (QED) is 0.500. The first-order valence-electron chi connectivity index (χ1n) is 7.38. The molecule has 3 rings (SSSR count). The zero-order valence-electron chi connectivity index (χ0n) is 13.8. The third-order valence-electron chi connectivity index (χ3n) is 4.33. The largest absolute Gasteiger partial charge is 0.508 e. The van der Waals surface area contributed by atoms with Gasteiger partial charge in [-0.2, -0.15) is 0 Å². The smallest absolute Gasteiger partial charge is 0.115 e. The summed E-state index contributed by atoms with van der Waals surface area (Å²) in [5, 5.41) is 28.7. The van der Waals surface area contributed by atoms with E-state index in [0.29, 0.717) is 0 Å². The molecule has 0 aliphatic carbocycles. The molecule has 117 valence electrons. The molecular weight excluding hydrogens is 327 g/mol. The molecule has 0 unspecified atom stereocenters. The summed E-state index contributed by atoms with van der Waals surface area (Å²) in [6.45, 7) is 2.08. The van der Waals surface area contributed by atoms with Crippen LogP contribution in [0.3, 0.4) is 0 Å². The molecule has 0 amide bonds. The van der Waals surface area contributed by atoms with Gasteiger partial charge >= 0.3 is 0 Å². The van der Waals surface area contributed by atoms with Crippen LogP contribution in [0, 0.1) is 0 Å². The summed E-state index contributed by atoms with van der Waals surface area (Å²) in [4.78, 5) is 0. The maximum Gasteiger partial charge on any atom is 0.115 e. The van der Waals surface area contributed by atoms with E-state index in [-0.39, 0.29) is 68.6 Å². The molecule has 3 N–H and O–H groups in total. The van der Waals surface area contributed by atoms with Crippen LogP contribution in [0.5, 0.6) is 17.2 Å². The Morgan fingerprint density at radius 1 is 0.500 bits per heavy atom. The van der Waals surface area contributed by atoms with Gasteiger partial charge in [0.2, 0.25) is 0 Å². The summed E-state index contributed by atoms with van der Waals surface area (Å²) in [5.74, 6) is 0.646. The molecule has 0 aromatic heterocycles. The Balaban J connectivity index is 0.00000208. The van der Waals surface area contributed by atoms with E-state index in [1.54, 1.807) is 36.4 Å². The zero-order valence-corrected chi connectivity index (χ0v) is 16.9. The first-order valence-corrected chi connectivity index (χ1v) is 7.38. The van der Waals surface area contributed by atoms with E-state index in [1.165, 1.54) is 0 Å². The van der Waals surface area contributed by atoms with Gasteiger partial charge in [0.15, 0.2) is 0 Å². The molecule has 0 bridgehead atoms. The fraction of sp³-hybridized carbons (Fsp3) is 0.100. The van der Waals surface area contributed by atoms with E-state index in [0.717, 1.165) is 16.7 Å². The molecule has 1 radical (unpaired) electrons. The number of benzene rings is 3. The first-order chi connectivity index (χ1) is 11.0. The van der Waals surface area contributed by atoms with E-state index in [9.17, 15) is 15.3 Å². The van der Waals surface area contributed by atoms with Crippen LogP contribution >= 0.6 is 0 Å². The summed E-state index contributed by atoms with van der Waals surface area (Å²) in [7, 11) is 0. The minimum absolute atomic E-state index is 0. The molecule has 24 heavy (non-hydrogen) atoms. The molecule has 0 spiro atoms. The topological polar surface area (TPSA) is 60.7 Å². The van der Waals surface area contributed by atoms with Crippen LogP contribution in [-0.4, -0.2) is 66.7 Å². The maximum atomic E-state index is 9.57. The summed E-state index contributed by atoms with van der Waals surface area (Å²) in [6, 6.07) is 21.3. The van der Waals surface area contributed by atoms with Crippen molar-refractivity contribution in [1.29, 1.82) is 0 Å². The van der Waals surface area contributed by atoms with Crippen molar-refractivity contribution in [2.45, 2.75) is 12.3 Å². The van der Waals surface area contributed by atoms with Gasteiger partial charge in [-0.15, -0.1) is 0 Å². The summed E-state index contributed by atoms with van der Waals surface area (Å²) in [5.41, 5.74) is 2.54. The number of rotatable bonds is 3. The van der Waals surface area contributed by atoms with Crippen molar-refractivity contribution in [2.24, 2.45) is 0 Å². The van der Waals surface area contributed by atoms with Gasteiger partial charge in [-0.25, -0.2) is 0 Å². The third-order valence-corrected chi connectivity index (χ3v) is 4.33. The second-order valence-electron chi connectivity index (χ2n) is 5.77. The van der Waals surface area contributed by atoms with Crippen molar-refractivity contribution in [3.8, 4) is 17.2 Å². The Morgan fingerprint density at radius 3 is 0.917 bits per heavy atom. The first kappa shape index (κ1) is 19.0. The number of hydrogen-bond acceptors (Lipinski definition) is 3. The Bertz CT molecular complexity index is 683. The van der Waals surface area contributed by atoms with Gasteiger partial charge in [-0.1, -0.05) is 36.4 Å². The van der Waals surface area contributed by atoms with Crippen LogP contribution in [0.2, 0.25) is 0 Å². The monoisotopic (exact) mass is 345 g/mol. The van der Waals surface area contributed by atoms with Crippen molar-refractivity contribution in [3.05, 3.63) is 89.5 Å². The number of hydrogen-bond donors (Lipinski definition) is 3. The Labute approximate surface area is 184 Å². The number of phenolic OH excluding ortho intramolecular Hbond substituents is 3. The van der Waals surface area contributed by atoms with Crippen molar-refractivity contribution < 1.29 is 15.3 Å². The van der Waals surface area contributed by atoms with Gasteiger partial charge < -0.3 is 15.3 Å². The molecule has 0 saturated heterocycles. The minimum Gasteiger partial charge on any atom is -0.508 e. The van der Waals surface area contributed by atoms with E-state index >= 15 is 0 Å². The normalized spacial score (nSPS) is 10.9. The van der Waals surface area contributed by atoms with Crippen LogP contribution in [0.25, 0.3) is 0 Å². The zero-order chi connectivity index (χ0) is 16.4. The number of aromatic hydroxyl groups is 3. The van der Waals surface area contributed by atoms with Crippen LogP contribution in [0.4, 0.5) is 0 Å². The maximum absolute atomic E-state index is 9.57. The predicted molar refractivity (Wildman–Crippen MR) is 95.6 cm³/mol. The standard InChI is InChI=1S/C20H18O3.K/c1-20(14-2-8-17(21)9-3-14,15-4-10-18(22)11-5-15)16-6-12-19(23)13-7-16;/h2-13,21-23H,1H3;. The summed E-state index contributed by atoms with van der Waals surface area (Å²) < 4.78 is 0. The fourth-order valence-corrected chi connectivity index (χ4v) is 2.88. The molecular formula is C20H18KO3. The molecule has 4 heteroatoms. The molecule has 0 aliphatic heterocycles. The number of phenols is 3. The van der Waals surface area contributed by atoms with Gasteiger partial charge in [-0.05, 0) is 60.0 Å². The molecule has 0 fully saturated rings. The molecule has 3 aromatic rings. The third kappa shape index (κ3) is 3.68. The Morgan fingerprint density at radius 2 is 0.708 bits per heavy atom. The fourth-order valence-electron chi connectivity index (χ4n) is 2.88. The van der Waals surface area contributed by atoms with Crippen LogP contribution < -0.4 is 0 Å². The van der Waals surface area contributed by atoms with Crippen molar-refractivity contribution in [3.63, 3.8) is 0 Å². The summed E-state index contributed by atoms with van der Waals surface area (Å²) in [6.07, 6.45) is 0. The van der Waals surface area contributed by atoms with E-state index < -0.39 is 5.41 Å². The van der Waals surface area contributed by atoms with Crippen molar-refractivity contribution in [2.75, 3.05) is 0 Å².